The largest absolute Gasteiger partial charge is 0.382 e. The Morgan fingerprint density at radius 3 is 2.89 bits per heavy atom. The highest BCUT2D eigenvalue weighted by Gasteiger charge is 2.04. The molecule has 0 fully saturated rings. The van der Waals surface area contributed by atoms with Crippen LogP contribution in [-0.4, -0.2) is 44.4 Å². The summed E-state index contributed by atoms with van der Waals surface area (Å²) in [5, 5.41) is 2.70. The third-order valence-electron chi connectivity index (χ3n) is 2.20. The maximum Gasteiger partial charge on any atom is 0.267 e. The molecule has 0 aromatic carbocycles. The van der Waals surface area contributed by atoms with Crippen LogP contribution in [-0.2, 0) is 9.47 Å². The van der Waals surface area contributed by atoms with Gasteiger partial charge in [-0.2, -0.15) is 0 Å². The fourth-order valence-corrected chi connectivity index (χ4v) is 1.30. The number of hydrogen-bond acceptors (Lipinski definition) is 4. The average molecular weight is 254 g/mol. The first-order valence-electron chi connectivity index (χ1n) is 5.78. The molecule has 1 aromatic heterocycles. The van der Waals surface area contributed by atoms with Gasteiger partial charge in [0.05, 0.1) is 13.2 Å². The molecule has 1 amide bonds. The number of carbonyl (C=O) groups excluding carboxylic acids is 1. The molecule has 0 aliphatic rings. The van der Waals surface area contributed by atoms with Crippen molar-refractivity contribution in [2.45, 2.75) is 6.42 Å². The van der Waals surface area contributed by atoms with E-state index in [1.165, 1.54) is 6.07 Å². The van der Waals surface area contributed by atoms with Crippen LogP contribution in [0.25, 0.3) is 0 Å². The number of nitrogens with one attached hydrogen (secondary N) is 2. The van der Waals surface area contributed by atoms with Crippen molar-refractivity contribution < 1.29 is 14.3 Å². The number of aromatic amines is 1. The molecule has 6 heteroatoms. The van der Waals surface area contributed by atoms with E-state index >= 15 is 0 Å². The molecule has 0 aliphatic heterocycles. The quantitative estimate of drug-likeness (QED) is 0.647. The molecule has 0 spiro atoms. The van der Waals surface area contributed by atoms with Gasteiger partial charge in [-0.05, 0) is 12.5 Å². The van der Waals surface area contributed by atoms with Crippen molar-refractivity contribution >= 4 is 5.91 Å². The van der Waals surface area contributed by atoms with Gasteiger partial charge >= 0.3 is 0 Å². The van der Waals surface area contributed by atoms with Crippen molar-refractivity contribution in [3.63, 3.8) is 0 Å². The lowest BCUT2D eigenvalue weighted by molar-refractivity contribution is 0.0688. The lowest BCUT2D eigenvalue weighted by atomic mass is 10.3. The van der Waals surface area contributed by atoms with E-state index < -0.39 is 0 Å². The molecular weight excluding hydrogens is 236 g/mol. The zero-order chi connectivity index (χ0) is 13.2. The number of rotatable bonds is 8. The highest BCUT2D eigenvalue weighted by atomic mass is 16.5. The van der Waals surface area contributed by atoms with Gasteiger partial charge in [0.15, 0.2) is 0 Å². The Kier molecular flexibility index (Phi) is 6.75. The van der Waals surface area contributed by atoms with E-state index in [4.69, 9.17) is 9.47 Å². The van der Waals surface area contributed by atoms with Crippen LogP contribution in [0, 0.1) is 0 Å². The number of amides is 1. The lowest BCUT2D eigenvalue weighted by Crippen LogP contribution is -2.27. The van der Waals surface area contributed by atoms with Gasteiger partial charge in [-0.3, -0.25) is 9.59 Å². The van der Waals surface area contributed by atoms with Crippen LogP contribution >= 0.6 is 0 Å². The third kappa shape index (κ3) is 5.60. The first-order valence-corrected chi connectivity index (χ1v) is 5.78. The van der Waals surface area contributed by atoms with E-state index in [-0.39, 0.29) is 17.2 Å². The molecule has 18 heavy (non-hydrogen) atoms. The zero-order valence-corrected chi connectivity index (χ0v) is 10.4. The van der Waals surface area contributed by atoms with Gasteiger partial charge in [-0.15, -0.1) is 0 Å². The number of pyridine rings is 1. The maximum absolute atomic E-state index is 11.6. The van der Waals surface area contributed by atoms with Crippen LogP contribution in [0.2, 0.25) is 0 Å². The van der Waals surface area contributed by atoms with E-state index in [9.17, 15) is 9.59 Å². The van der Waals surface area contributed by atoms with Crippen LogP contribution in [0.15, 0.2) is 23.0 Å². The molecule has 0 saturated carbocycles. The molecule has 0 saturated heterocycles. The number of hydrogen-bond donors (Lipinski definition) is 2. The van der Waals surface area contributed by atoms with Crippen molar-refractivity contribution in [2.75, 3.05) is 33.5 Å². The highest BCUT2D eigenvalue weighted by Crippen LogP contribution is 1.90. The second kappa shape index (κ2) is 8.43. The van der Waals surface area contributed by atoms with Crippen LogP contribution in [0.4, 0.5) is 0 Å². The van der Waals surface area contributed by atoms with Gasteiger partial charge in [0.2, 0.25) is 5.56 Å². The first-order chi connectivity index (χ1) is 8.74. The molecule has 1 rings (SSSR count). The predicted molar refractivity (Wildman–Crippen MR) is 66.7 cm³/mol. The number of ether oxygens (including phenoxy) is 2. The maximum atomic E-state index is 11.6. The van der Waals surface area contributed by atoms with Gasteiger partial charge in [-0.1, -0.05) is 6.07 Å². The molecule has 6 nitrogen and oxygen atoms in total. The predicted octanol–water partition coefficient (Wildman–Crippen LogP) is 0.158. The van der Waals surface area contributed by atoms with Crippen molar-refractivity contribution in [1.82, 2.24) is 10.3 Å². The molecule has 0 radical (unpaired) electrons. The summed E-state index contributed by atoms with van der Waals surface area (Å²) in [6.07, 6.45) is 0.715. The molecular formula is C12H18N2O4. The van der Waals surface area contributed by atoms with Crippen molar-refractivity contribution in [3.8, 4) is 0 Å². The van der Waals surface area contributed by atoms with E-state index in [1.807, 2.05) is 0 Å². The summed E-state index contributed by atoms with van der Waals surface area (Å²) in [6, 6.07) is 4.47. The normalized spacial score (nSPS) is 10.3. The van der Waals surface area contributed by atoms with Gasteiger partial charge in [-0.25, -0.2) is 0 Å². The Hall–Kier alpha value is -1.66. The second-order valence-electron chi connectivity index (χ2n) is 3.64. The standard InChI is InChI=1S/C12H18N2O4/c1-17-8-9-18-7-3-6-13-12(16)10-4-2-5-11(15)14-10/h2,4-5H,3,6-9H2,1H3,(H,13,16)(H,14,15). The van der Waals surface area contributed by atoms with Crippen LogP contribution in [0.1, 0.15) is 16.9 Å². The first kappa shape index (κ1) is 14.4. The van der Waals surface area contributed by atoms with E-state index in [0.717, 1.165) is 0 Å². The molecule has 0 bridgehead atoms. The minimum absolute atomic E-state index is 0.266. The lowest BCUT2D eigenvalue weighted by Gasteiger charge is -2.05. The second-order valence-corrected chi connectivity index (χ2v) is 3.64. The Morgan fingerprint density at radius 1 is 1.33 bits per heavy atom. The fraction of sp³-hybridized carbons (Fsp3) is 0.500. The van der Waals surface area contributed by atoms with Crippen LogP contribution in [0.3, 0.4) is 0 Å². The van der Waals surface area contributed by atoms with Crippen LogP contribution in [0.5, 0.6) is 0 Å². The zero-order valence-electron chi connectivity index (χ0n) is 10.4. The number of aromatic nitrogens is 1. The smallest absolute Gasteiger partial charge is 0.267 e. The molecule has 1 heterocycles. The fourth-order valence-electron chi connectivity index (χ4n) is 1.30. The van der Waals surface area contributed by atoms with Gasteiger partial charge < -0.3 is 19.8 Å². The minimum Gasteiger partial charge on any atom is -0.382 e. The summed E-state index contributed by atoms with van der Waals surface area (Å²) >= 11 is 0. The number of methoxy groups -OCH3 is 1. The average Bonchev–Trinajstić information content (AvgIpc) is 2.37. The van der Waals surface area contributed by atoms with E-state index in [0.29, 0.717) is 32.8 Å². The summed E-state index contributed by atoms with van der Waals surface area (Å²) in [4.78, 5) is 25.1. The number of carbonyl (C=O) groups is 1. The van der Waals surface area contributed by atoms with Gasteiger partial charge in [0, 0.05) is 26.3 Å². The Balaban J connectivity index is 2.16. The molecule has 0 atom stereocenters. The molecule has 100 valence electrons. The highest BCUT2D eigenvalue weighted by molar-refractivity contribution is 5.92. The Bertz CT molecular complexity index is 417. The minimum atomic E-state index is -0.287. The van der Waals surface area contributed by atoms with Gasteiger partial charge in [0.25, 0.3) is 5.91 Å². The summed E-state index contributed by atoms with van der Waals surface area (Å²) in [5.41, 5.74) is -0.0200. The SMILES string of the molecule is COCCOCCCNC(=O)c1cccc(=O)[nH]1. The summed E-state index contributed by atoms with van der Waals surface area (Å²) in [7, 11) is 1.62. The van der Waals surface area contributed by atoms with Crippen molar-refractivity contribution in [3.05, 3.63) is 34.2 Å². The number of H-pyrrole nitrogens is 1. The van der Waals surface area contributed by atoms with Gasteiger partial charge in [0.1, 0.15) is 5.69 Å². The summed E-state index contributed by atoms with van der Waals surface area (Å²) in [5.74, 6) is -0.287. The summed E-state index contributed by atoms with van der Waals surface area (Å²) in [6.45, 7) is 2.19. The molecule has 0 unspecified atom stereocenters. The van der Waals surface area contributed by atoms with Crippen molar-refractivity contribution in [1.29, 1.82) is 0 Å². The Morgan fingerprint density at radius 2 is 2.17 bits per heavy atom. The third-order valence-corrected chi connectivity index (χ3v) is 2.20. The molecule has 2 N–H and O–H groups in total. The van der Waals surface area contributed by atoms with Crippen molar-refractivity contribution in [2.24, 2.45) is 0 Å². The van der Waals surface area contributed by atoms with E-state index in [1.54, 1.807) is 19.2 Å². The Labute approximate surface area is 105 Å². The topological polar surface area (TPSA) is 80.4 Å². The molecule has 1 aromatic rings. The van der Waals surface area contributed by atoms with E-state index in [2.05, 4.69) is 10.3 Å². The molecule has 0 aliphatic carbocycles. The van der Waals surface area contributed by atoms with Crippen LogP contribution < -0.4 is 10.9 Å². The summed E-state index contributed by atoms with van der Waals surface area (Å²) < 4.78 is 10.1. The monoisotopic (exact) mass is 254 g/mol.